The summed E-state index contributed by atoms with van der Waals surface area (Å²) in [5, 5.41) is 11.8. The summed E-state index contributed by atoms with van der Waals surface area (Å²) in [5.41, 5.74) is 0.250. The van der Waals surface area contributed by atoms with Crippen molar-refractivity contribution in [3.63, 3.8) is 0 Å². The molecular weight excluding hydrogens is 321 g/mol. The van der Waals surface area contributed by atoms with Crippen molar-refractivity contribution >= 4 is 33.6 Å². The third-order valence-electron chi connectivity index (χ3n) is 2.60. The summed E-state index contributed by atoms with van der Waals surface area (Å²) in [6, 6.07) is 4.11. The zero-order valence-corrected chi connectivity index (χ0v) is 12.5. The Kier molecular flexibility index (Phi) is 6.11. The van der Waals surface area contributed by atoms with Gasteiger partial charge in [0.25, 0.3) is 5.91 Å². The van der Waals surface area contributed by atoms with Gasteiger partial charge in [0.15, 0.2) is 0 Å². The van der Waals surface area contributed by atoms with Crippen LogP contribution in [0.2, 0.25) is 0 Å². The lowest BCUT2D eigenvalue weighted by atomic mass is 10.1. The Bertz CT molecular complexity index is 427. The van der Waals surface area contributed by atoms with E-state index >= 15 is 0 Å². The topological polar surface area (TPSA) is 49.3 Å². The van der Waals surface area contributed by atoms with Gasteiger partial charge in [0.05, 0.1) is 16.6 Å². The number of carbonyl (C=O) groups excluding carboxylic acids is 1. The van der Waals surface area contributed by atoms with E-state index in [4.69, 9.17) is 5.11 Å². The third-order valence-corrected chi connectivity index (χ3v) is 4.56. The van der Waals surface area contributed by atoms with E-state index in [1.165, 1.54) is 23.9 Å². The molecule has 2 unspecified atom stereocenters. The average Bonchev–Trinajstić information content (AvgIpc) is 2.34. The van der Waals surface area contributed by atoms with E-state index in [0.717, 1.165) is 0 Å². The van der Waals surface area contributed by atoms with Gasteiger partial charge in [-0.25, -0.2) is 4.39 Å². The van der Waals surface area contributed by atoms with E-state index in [0.29, 0.717) is 0 Å². The van der Waals surface area contributed by atoms with E-state index in [1.54, 1.807) is 6.07 Å². The highest BCUT2D eigenvalue weighted by Crippen LogP contribution is 2.20. The molecule has 0 saturated heterocycles. The third kappa shape index (κ3) is 3.70. The molecule has 0 heterocycles. The Morgan fingerprint density at radius 1 is 1.61 bits per heavy atom. The van der Waals surface area contributed by atoms with Crippen LogP contribution >= 0.6 is 27.7 Å². The molecule has 0 saturated carbocycles. The predicted octanol–water partition coefficient (Wildman–Crippen LogP) is 2.43. The van der Waals surface area contributed by atoms with Crippen molar-refractivity contribution in [2.75, 3.05) is 12.9 Å². The number of rotatable bonds is 5. The fourth-order valence-corrected chi connectivity index (χ4v) is 2.56. The summed E-state index contributed by atoms with van der Waals surface area (Å²) in [5.74, 6) is -0.833. The van der Waals surface area contributed by atoms with Crippen LogP contribution in [0.1, 0.15) is 17.3 Å². The molecule has 6 heteroatoms. The number of nitrogens with one attached hydrogen (secondary N) is 1. The number of thioether (sulfide) groups is 1. The van der Waals surface area contributed by atoms with Crippen LogP contribution in [0.25, 0.3) is 0 Å². The molecule has 1 aromatic carbocycles. The lowest BCUT2D eigenvalue weighted by Crippen LogP contribution is -2.41. The van der Waals surface area contributed by atoms with Crippen LogP contribution in [0.4, 0.5) is 4.39 Å². The van der Waals surface area contributed by atoms with Crippen molar-refractivity contribution in [1.29, 1.82) is 0 Å². The highest BCUT2D eigenvalue weighted by atomic mass is 79.9. The Morgan fingerprint density at radius 3 is 2.83 bits per heavy atom. The molecule has 100 valence electrons. The highest BCUT2D eigenvalue weighted by molar-refractivity contribution is 9.10. The summed E-state index contributed by atoms with van der Waals surface area (Å²) in [7, 11) is 0. The number of aliphatic hydroxyl groups excluding tert-OH is 1. The van der Waals surface area contributed by atoms with E-state index in [2.05, 4.69) is 21.2 Å². The van der Waals surface area contributed by atoms with Crippen LogP contribution < -0.4 is 5.32 Å². The number of hydrogen-bond acceptors (Lipinski definition) is 3. The molecule has 0 aliphatic rings. The van der Waals surface area contributed by atoms with Crippen molar-refractivity contribution in [3.05, 3.63) is 34.1 Å². The zero-order chi connectivity index (χ0) is 13.7. The molecular formula is C12H15BrFNO2S. The lowest BCUT2D eigenvalue weighted by Gasteiger charge is -2.21. The second kappa shape index (κ2) is 7.11. The van der Waals surface area contributed by atoms with Crippen molar-refractivity contribution < 1.29 is 14.3 Å². The van der Waals surface area contributed by atoms with Gasteiger partial charge in [0, 0.05) is 11.3 Å². The first-order valence-corrected chi connectivity index (χ1v) is 7.47. The first-order valence-electron chi connectivity index (χ1n) is 5.39. The maximum absolute atomic E-state index is 13.3. The predicted molar refractivity (Wildman–Crippen MR) is 75.4 cm³/mol. The number of benzene rings is 1. The molecule has 0 aromatic heterocycles. The van der Waals surface area contributed by atoms with Gasteiger partial charge in [-0.05, 0) is 41.2 Å². The maximum Gasteiger partial charge on any atom is 0.252 e. The van der Waals surface area contributed by atoms with Gasteiger partial charge in [0.1, 0.15) is 5.82 Å². The molecule has 3 nitrogen and oxygen atoms in total. The first kappa shape index (κ1) is 15.5. The monoisotopic (exact) mass is 335 g/mol. The van der Waals surface area contributed by atoms with Gasteiger partial charge in [-0.15, -0.1) is 0 Å². The molecule has 18 heavy (non-hydrogen) atoms. The number of amides is 1. The molecule has 1 aromatic rings. The minimum atomic E-state index is -0.473. The Morgan fingerprint density at radius 2 is 2.28 bits per heavy atom. The minimum Gasteiger partial charge on any atom is -0.395 e. The summed E-state index contributed by atoms with van der Waals surface area (Å²) in [6.45, 7) is 1.79. The van der Waals surface area contributed by atoms with Crippen molar-refractivity contribution in [2.45, 2.75) is 18.2 Å². The van der Waals surface area contributed by atoms with E-state index in [-0.39, 0.29) is 33.8 Å². The molecule has 0 radical (unpaired) electrons. The standard InChI is InChI=1S/C12H15BrFNO2S/c1-7(10(6-16)18-2)15-12(17)8-4-3-5-9(14)11(8)13/h3-5,7,10,16H,6H2,1-2H3,(H,15,17). The van der Waals surface area contributed by atoms with E-state index < -0.39 is 5.82 Å². The lowest BCUT2D eigenvalue weighted by molar-refractivity contribution is 0.0934. The fraction of sp³-hybridized carbons (Fsp3) is 0.417. The second-order valence-electron chi connectivity index (χ2n) is 3.82. The van der Waals surface area contributed by atoms with Crippen LogP contribution in [-0.4, -0.2) is 35.2 Å². The quantitative estimate of drug-likeness (QED) is 0.868. The van der Waals surface area contributed by atoms with Crippen molar-refractivity contribution in [3.8, 4) is 0 Å². The fourth-order valence-electron chi connectivity index (χ4n) is 1.49. The van der Waals surface area contributed by atoms with Crippen LogP contribution in [0.15, 0.2) is 22.7 Å². The second-order valence-corrected chi connectivity index (χ2v) is 5.69. The number of hydrogen-bond donors (Lipinski definition) is 2. The Balaban J connectivity index is 2.79. The molecule has 0 fully saturated rings. The van der Waals surface area contributed by atoms with Gasteiger partial charge in [-0.1, -0.05) is 6.07 Å². The normalized spacial score (nSPS) is 14.1. The van der Waals surface area contributed by atoms with Gasteiger partial charge in [-0.2, -0.15) is 11.8 Å². The van der Waals surface area contributed by atoms with E-state index in [9.17, 15) is 9.18 Å². The highest BCUT2D eigenvalue weighted by Gasteiger charge is 2.20. The summed E-state index contributed by atoms with van der Waals surface area (Å²) < 4.78 is 13.4. The largest absolute Gasteiger partial charge is 0.395 e. The molecule has 0 spiro atoms. The Hall–Kier alpha value is -0.590. The smallest absolute Gasteiger partial charge is 0.252 e. The van der Waals surface area contributed by atoms with Gasteiger partial charge in [-0.3, -0.25) is 4.79 Å². The number of carbonyl (C=O) groups is 1. The van der Waals surface area contributed by atoms with Crippen molar-refractivity contribution in [1.82, 2.24) is 5.32 Å². The SMILES string of the molecule is CSC(CO)C(C)NC(=O)c1cccc(F)c1Br. The first-order chi connectivity index (χ1) is 8.51. The Labute approximate surface area is 118 Å². The van der Waals surface area contributed by atoms with Crippen LogP contribution in [-0.2, 0) is 0 Å². The van der Waals surface area contributed by atoms with Gasteiger partial charge < -0.3 is 10.4 Å². The number of halogens is 2. The zero-order valence-electron chi connectivity index (χ0n) is 10.1. The summed E-state index contributed by atoms with van der Waals surface area (Å²) >= 11 is 4.52. The molecule has 0 aliphatic heterocycles. The molecule has 1 rings (SSSR count). The maximum atomic E-state index is 13.3. The molecule has 0 bridgehead atoms. The summed E-state index contributed by atoms with van der Waals surface area (Å²) in [6.07, 6.45) is 1.86. The minimum absolute atomic E-state index is 0.0209. The van der Waals surface area contributed by atoms with Crippen LogP contribution in [0.5, 0.6) is 0 Å². The van der Waals surface area contributed by atoms with E-state index in [1.807, 2.05) is 13.2 Å². The van der Waals surface area contributed by atoms with Gasteiger partial charge >= 0.3 is 0 Å². The van der Waals surface area contributed by atoms with Crippen molar-refractivity contribution in [2.24, 2.45) is 0 Å². The molecule has 2 N–H and O–H groups in total. The molecule has 0 aliphatic carbocycles. The molecule has 1 amide bonds. The number of aliphatic hydroxyl groups is 1. The summed E-state index contributed by atoms with van der Waals surface area (Å²) in [4.78, 5) is 12.0. The van der Waals surface area contributed by atoms with Crippen LogP contribution in [0, 0.1) is 5.82 Å². The van der Waals surface area contributed by atoms with Crippen LogP contribution in [0.3, 0.4) is 0 Å². The molecule has 2 atom stereocenters. The average molecular weight is 336 g/mol. The van der Waals surface area contributed by atoms with Gasteiger partial charge in [0.2, 0.25) is 0 Å².